The minimum absolute atomic E-state index is 0.283. The zero-order valence-electron chi connectivity index (χ0n) is 16.6. The van der Waals surface area contributed by atoms with Crippen LogP contribution in [0.2, 0.25) is 0 Å². The van der Waals surface area contributed by atoms with E-state index in [0.717, 1.165) is 43.9 Å². The van der Waals surface area contributed by atoms with Crippen LogP contribution in [-0.2, 0) is 31.0 Å². The molecule has 1 saturated carbocycles. The summed E-state index contributed by atoms with van der Waals surface area (Å²) in [5.74, 6) is 1.02. The van der Waals surface area contributed by atoms with Gasteiger partial charge in [0.2, 0.25) is 0 Å². The van der Waals surface area contributed by atoms with Crippen molar-refractivity contribution < 1.29 is 4.74 Å². The molecule has 9 heteroatoms. The summed E-state index contributed by atoms with van der Waals surface area (Å²) in [4.78, 5) is 32.2. The molecule has 2 fully saturated rings. The first-order chi connectivity index (χ1) is 14.1. The summed E-state index contributed by atoms with van der Waals surface area (Å²) in [7, 11) is 0. The van der Waals surface area contributed by atoms with Gasteiger partial charge in [0.25, 0.3) is 0 Å². The van der Waals surface area contributed by atoms with Crippen molar-refractivity contribution >= 4 is 11.3 Å². The summed E-state index contributed by atoms with van der Waals surface area (Å²) in [5.41, 5.74) is -1.36. The summed E-state index contributed by atoms with van der Waals surface area (Å²) >= 11 is 1.65. The highest BCUT2D eigenvalue weighted by molar-refractivity contribution is 7.09. The largest absolute Gasteiger partial charge is 0.364 e. The monoisotopic (exact) mass is 417 g/mol. The molecule has 1 aliphatic carbocycles. The Morgan fingerprint density at radius 1 is 1.17 bits per heavy atom. The SMILES string of the molecule is O=c1c(=O)n2c(nn1CC1CCCCC1)CO[C@]1(CCN(Cc3nccs3)C1)C2. The number of likely N-dealkylation sites (tertiary alicyclic amines) is 1. The van der Waals surface area contributed by atoms with Crippen LogP contribution in [0.5, 0.6) is 0 Å². The first kappa shape index (κ1) is 19.1. The number of thiazole rings is 1. The summed E-state index contributed by atoms with van der Waals surface area (Å²) in [5, 5.41) is 7.59. The van der Waals surface area contributed by atoms with Crippen LogP contribution in [0.25, 0.3) is 0 Å². The molecule has 0 radical (unpaired) electrons. The van der Waals surface area contributed by atoms with E-state index in [1.165, 1.54) is 23.9 Å². The Labute approximate surface area is 173 Å². The smallest absolute Gasteiger partial charge is 0.332 e. The quantitative estimate of drug-likeness (QED) is 0.703. The van der Waals surface area contributed by atoms with Gasteiger partial charge in [0.1, 0.15) is 17.2 Å². The van der Waals surface area contributed by atoms with Gasteiger partial charge in [-0.1, -0.05) is 19.3 Å². The number of aromatic nitrogens is 4. The zero-order valence-corrected chi connectivity index (χ0v) is 17.4. The molecule has 1 spiro atoms. The van der Waals surface area contributed by atoms with Gasteiger partial charge in [-0.25, -0.2) is 9.67 Å². The molecule has 0 N–H and O–H groups in total. The van der Waals surface area contributed by atoms with E-state index in [2.05, 4.69) is 15.0 Å². The van der Waals surface area contributed by atoms with Crippen molar-refractivity contribution in [2.45, 2.75) is 70.4 Å². The highest BCUT2D eigenvalue weighted by Gasteiger charge is 2.43. The maximum atomic E-state index is 12.9. The molecule has 2 aliphatic heterocycles. The van der Waals surface area contributed by atoms with Crippen molar-refractivity contribution in [3.05, 3.63) is 43.1 Å². The average Bonchev–Trinajstić information content (AvgIpc) is 3.38. The summed E-state index contributed by atoms with van der Waals surface area (Å²) in [6, 6.07) is 0. The minimum atomic E-state index is -0.492. The Morgan fingerprint density at radius 2 is 2.03 bits per heavy atom. The van der Waals surface area contributed by atoms with E-state index >= 15 is 0 Å². The van der Waals surface area contributed by atoms with Crippen LogP contribution < -0.4 is 11.1 Å². The van der Waals surface area contributed by atoms with Gasteiger partial charge >= 0.3 is 11.1 Å². The molecule has 156 valence electrons. The molecule has 4 heterocycles. The number of fused-ring (bicyclic) bond motifs is 1. The molecule has 29 heavy (non-hydrogen) atoms. The van der Waals surface area contributed by atoms with Crippen LogP contribution in [0, 0.1) is 5.92 Å². The normalized spacial score (nSPS) is 25.5. The topological polar surface area (TPSA) is 82.2 Å². The number of ether oxygens (including phenoxy) is 1. The van der Waals surface area contributed by atoms with Crippen LogP contribution in [0.1, 0.15) is 49.4 Å². The molecule has 3 aliphatic rings. The predicted octanol–water partition coefficient (Wildman–Crippen LogP) is 1.62. The van der Waals surface area contributed by atoms with Crippen LogP contribution in [-0.4, -0.2) is 42.9 Å². The van der Waals surface area contributed by atoms with Crippen molar-refractivity contribution in [3.8, 4) is 0 Å². The molecule has 8 nitrogen and oxygen atoms in total. The first-order valence-electron chi connectivity index (χ1n) is 10.6. The molecule has 0 bridgehead atoms. The van der Waals surface area contributed by atoms with E-state index < -0.39 is 16.7 Å². The van der Waals surface area contributed by atoms with E-state index in [-0.39, 0.29) is 6.61 Å². The average molecular weight is 418 g/mol. The number of hydrogen-bond acceptors (Lipinski definition) is 7. The zero-order chi connectivity index (χ0) is 19.8. The fourth-order valence-electron chi connectivity index (χ4n) is 4.97. The van der Waals surface area contributed by atoms with E-state index in [0.29, 0.717) is 24.8 Å². The maximum Gasteiger partial charge on any atom is 0.332 e. The molecule has 2 aromatic rings. The molecule has 1 atom stereocenters. The van der Waals surface area contributed by atoms with Gasteiger partial charge in [0.15, 0.2) is 5.82 Å². The summed E-state index contributed by atoms with van der Waals surface area (Å²) < 4.78 is 9.21. The number of rotatable bonds is 4. The van der Waals surface area contributed by atoms with Gasteiger partial charge in [-0.15, -0.1) is 11.3 Å². The standard InChI is InChI=1S/C20H27N5O3S/c26-18-19(27)25(10-15-4-2-1-3-5-15)22-16-12-28-20(14-24(16)18)6-8-23(13-20)11-17-21-7-9-29-17/h7,9,15H,1-6,8,10-14H2/t20-/m0/s1. The summed E-state index contributed by atoms with van der Waals surface area (Å²) in [6.45, 7) is 3.67. The minimum Gasteiger partial charge on any atom is -0.364 e. The molecule has 0 aromatic carbocycles. The van der Waals surface area contributed by atoms with E-state index in [1.54, 1.807) is 15.9 Å². The first-order valence-corrected chi connectivity index (χ1v) is 11.5. The van der Waals surface area contributed by atoms with Crippen LogP contribution in [0.4, 0.5) is 0 Å². The molecular weight excluding hydrogens is 390 g/mol. The predicted molar refractivity (Wildman–Crippen MR) is 109 cm³/mol. The Morgan fingerprint density at radius 3 is 2.83 bits per heavy atom. The van der Waals surface area contributed by atoms with Crippen LogP contribution in [0.15, 0.2) is 21.2 Å². The lowest BCUT2D eigenvalue weighted by molar-refractivity contribution is -0.0860. The Balaban J connectivity index is 1.33. The Kier molecular flexibility index (Phi) is 5.13. The molecule has 0 unspecified atom stereocenters. The second kappa shape index (κ2) is 7.77. The van der Waals surface area contributed by atoms with E-state index in [9.17, 15) is 9.59 Å². The van der Waals surface area contributed by atoms with Gasteiger partial charge in [0.05, 0.1) is 13.1 Å². The second-order valence-electron chi connectivity index (χ2n) is 8.66. The lowest BCUT2D eigenvalue weighted by Gasteiger charge is -2.35. The van der Waals surface area contributed by atoms with Crippen molar-refractivity contribution in [1.82, 2.24) is 24.2 Å². The fourth-order valence-corrected chi connectivity index (χ4v) is 5.63. The van der Waals surface area contributed by atoms with E-state index in [4.69, 9.17) is 4.74 Å². The van der Waals surface area contributed by atoms with Crippen molar-refractivity contribution in [1.29, 1.82) is 0 Å². The van der Waals surface area contributed by atoms with Crippen LogP contribution in [0.3, 0.4) is 0 Å². The van der Waals surface area contributed by atoms with Gasteiger partial charge in [0, 0.05) is 31.2 Å². The van der Waals surface area contributed by atoms with E-state index in [1.807, 2.05) is 11.6 Å². The van der Waals surface area contributed by atoms with Gasteiger partial charge in [-0.05, 0) is 25.2 Å². The molecule has 2 aromatic heterocycles. The van der Waals surface area contributed by atoms with Crippen LogP contribution >= 0.6 is 11.3 Å². The second-order valence-corrected chi connectivity index (χ2v) is 9.64. The third-order valence-electron chi connectivity index (χ3n) is 6.56. The lowest BCUT2D eigenvalue weighted by Crippen LogP contribution is -2.53. The van der Waals surface area contributed by atoms with Gasteiger partial charge < -0.3 is 4.74 Å². The highest BCUT2D eigenvalue weighted by atomic mass is 32.1. The maximum absolute atomic E-state index is 12.9. The number of nitrogens with zero attached hydrogens (tertiary/aromatic N) is 5. The Hall–Kier alpha value is -1.84. The molecular formula is C20H27N5O3S. The third kappa shape index (κ3) is 3.83. The van der Waals surface area contributed by atoms with Crippen molar-refractivity contribution in [2.24, 2.45) is 5.92 Å². The van der Waals surface area contributed by atoms with Gasteiger partial charge in [-0.2, -0.15) is 5.10 Å². The van der Waals surface area contributed by atoms with Crippen molar-refractivity contribution in [2.75, 3.05) is 13.1 Å². The fraction of sp³-hybridized carbons (Fsp3) is 0.700. The Bertz CT molecular complexity index is 979. The molecule has 5 rings (SSSR count). The van der Waals surface area contributed by atoms with Crippen molar-refractivity contribution in [3.63, 3.8) is 0 Å². The lowest BCUT2D eigenvalue weighted by atomic mass is 9.89. The summed E-state index contributed by atoms with van der Waals surface area (Å²) in [6.07, 6.45) is 8.56. The van der Waals surface area contributed by atoms with Gasteiger partial charge in [-0.3, -0.25) is 19.1 Å². The highest BCUT2D eigenvalue weighted by Crippen LogP contribution is 2.32. The number of hydrogen-bond donors (Lipinski definition) is 0. The third-order valence-corrected chi connectivity index (χ3v) is 7.32. The molecule has 1 saturated heterocycles. The molecule has 0 amide bonds.